The molecule has 288 valence electrons. The van der Waals surface area contributed by atoms with E-state index in [0.29, 0.717) is 5.75 Å². The van der Waals surface area contributed by atoms with Crippen LogP contribution < -0.4 is 24.4 Å². The number of anilines is 4. The SMILES string of the molecule is [c-]1n(-c2cccc(Oc3ccc4c(c3)N(c3ccccn3)B(c3ccccc3)N4c3ccccc3)c2)c2ccccc2[n+]1-c1c(-c2ccccc2)cccc1-c1ccccc1. The molecule has 7 heteroatoms. The summed E-state index contributed by atoms with van der Waals surface area (Å²) in [7, 11) is 0. The van der Waals surface area contributed by atoms with Crippen molar-refractivity contribution in [2.24, 2.45) is 0 Å². The maximum absolute atomic E-state index is 6.79. The zero-order valence-corrected chi connectivity index (χ0v) is 33.2. The molecule has 10 aromatic rings. The molecule has 2 aromatic heterocycles. The largest absolute Gasteiger partial charge is 0.458 e. The first-order valence-electron chi connectivity index (χ1n) is 20.5. The normalized spacial score (nSPS) is 12.2. The first-order chi connectivity index (χ1) is 30.3. The minimum absolute atomic E-state index is 0.175. The predicted octanol–water partition coefficient (Wildman–Crippen LogP) is 11.9. The molecule has 1 aliphatic rings. The van der Waals surface area contributed by atoms with Gasteiger partial charge in [0.15, 0.2) is 0 Å². The lowest BCUT2D eigenvalue weighted by Gasteiger charge is -2.29. The van der Waals surface area contributed by atoms with Gasteiger partial charge < -0.3 is 14.4 Å². The van der Waals surface area contributed by atoms with E-state index in [0.717, 1.165) is 78.8 Å². The summed E-state index contributed by atoms with van der Waals surface area (Å²) < 4.78 is 11.1. The minimum Gasteiger partial charge on any atom is -0.458 e. The van der Waals surface area contributed by atoms with E-state index in [1.165, 1.54) is 0 Å². The summed E-state index contributed by atoms with van der Waals surface area (Å²) in [4.78, 5) is 9.55. The molecule has 61 heavy (non-hydrogen) atoms. The highest BCUT2D eigenvalue weighted by molar-refractivity contribution is 6.84. The quantitative estimate of drug-likeness (QED) is 0.0830. The second-order valence-electron chi connectivity index (χ2n) is 15.0. The van der Waals surface area contributed by atoms with Crippen molar-refractivity contribution >= 4 is 46.4 Å². The number of para-hydroxylation sites is 4. The molecule has 3 heterocycles. The molecule has 11 rings (SSSR count). The summed E-state index contributed by atoms with van der Waals surface area (Å²) in [5.41, 5.74) is 12.9. The number of aromatic nitrogens is 3. The van der Waals surface area contributed by atoms with Gasteiger partial charge in [0.2, 0.25) is 0 Å². The van der Waals surface area contributed by atoms with Gasteiger partial charge in [0.25, 0.3) is 6.33 Å². The summed E-state index contributed by atoms with van der Waals surface area (Å²) in [6.07, 6.45) is 5.64. The number of ether oxygens (including phenoxy) is 1. The average Bonchev–Trinajstić information content (AvgIpc) is 3.89. The topological polar surface area (TPSA) is 37.4 Å². The number of imidazole rings is 1. The maximum Gasteiger partial charge on any atom is 0.421 e. The van der Waals surface area contributed by atoms with Crippen LogP contribution in [-0.2, 0) is 0 Å². The van der Waals surface area contributed by atoms with Gasteiger partial charge in [0.1, 0.15) is 17.3 Å². The zero-order chi connectivity index (χ0) is 40.5. The van der Waals surface area contributed by atoms with Crippen LogP contribution >= 0.6 is 0 Å². The summed E-state index contributed by atoms with van der Waals surface area (Å²) >= 11 is 0. The number of nitrogens with zero attached hydrogens (tertiary/aromatic N) is 5. The fraction of sp³-hybridized carbons (Fsp3) is 0. The van der Waals surface area contributed by atoms with Gasteiger partial charge in [-0.25, -0.2) is 4.98 Å². The number of benzene rings is 8. The fourth-order valence-corrected chi connectivity index (χ4v) is 8.60. The lowest BCUT2D eigenvalue weighted by molar-refractivity contribution is -0.571. The third kappa shape index (κ3) is 6.59. The van der Waals surface area contributed by atoms with Crippen LogP contribution in [0.15, 0.2) is 231 Å². The van der Waals surface area contributed by atoms with Gasteiger partial charge in [0, 0.05) is 18.0 Å². The first-order valence-corrected chi connectivity index (χ1v) is 20.5. The molecule has 0 fully saturated rings. The molecule has 0 saturated heterocycles. The van der Waals surface area contributed by atoms with Crippen LogP contribution in [0.5, 0.6) is 11.5 Å². The van der Waals surface area contributed by atoms with Gasteiger partial charge >= 0.3 is 6.98 Å². The molecule has 0 saturated carbocycles. The summed E-state index contributed by atoms with van der Waals surface area (Å²) in [5.74, 6) is 2.29. The average molecular weight is 784 g/mol. The Morgan fingerprint density at radius 2 is 1.08 bits per heavy atom. The van der Waals surface area contributed by atoms with Crippen molar-refractivity contribution < 1.29 is 9.30 Å². The number of hydrogen-bond acceptors (Lipinski definition) is 4. The smallest absolute Gasteiger partial charge is 0.421 e. The van der Waals surface area contributed by atoms with Gasteiger partial charge in [-0.15, -0.1) is 0 Å². The van der Waals surface area contributed by atoms with Crippen molar-refractivity contribution in [3.8, 4) is 45.1 Å². The van der Waals surface area contributed by atoms with Crippen LogP contribution in [0.2, 0.25) is 0 Å². The van der Waals surface area contributed by atoms with Gasteiger partial charge in [-0.05, 0) is 82.3 Å². The Balaban J connectivity index is 1.01. The standard InChI is InChI=1S/C54H38BN5O/c1-5-19-40(20-6-1)47-29-18-30-48(41-21-7-2-8-22-41)54(47)58-39-57(49-31-13-14-32-50(49)58)44-27-17-28-45(37-44)61-46-34-35-51-52(38-46)60(53-33-15-16-36-56-53)55(42-23-9-3-10-24-42)59(51)43-25-11-4-12-26-43/h1-38H. The molecule has 0 unspecified atom stereocenters. The van der Waals surface area contributed by atoms with Crippen LogP contribution in [0.4, 0.5) is 22.9 Å². The molecule has 0 aliphatic carbocycles. The monoisotopic (exact) mass is 783 g/mol. The molecule has 0 bridgehead atoms. The van der Waals surface area contributed by atoms with Crippen molar-refractivity contribution in [3.05, 3.63) is 237 Å². The molecule has 0 spiro atoms. The Morgan fingerprint density at radius 1 is 0.475 bits per heavy atom. The van der Waals surface area contributed by atoms with Crippen molar-refractivity contribution in [1.29, 1.82) is 0 Å². The molecule has 0 radical (unpaired) electrons. The van der Waals surface area contributed by atoms with Crippen molar-refractivity contribution in [2.45, 2.75) is 0 Å². The lowest BCUT2D eigenvalue weighted by atomic mass is 9.65. The van der Waals surface area contributed by atoms with E-state index in [1.54, 1.807) is 0 Å². The molecular weight excluding hydrogens is 745 g/mol. The minimum atomic E-state index is -0.175. The molecule has 6 nitrogen and oxygen atoms in total. The maximum atomic E-state index is 6.79. The van der Waals surface area contributed by atoms with E-state index >= 15 is 0 Å². The Morgan fingerprint density at radius 3 is 1.79 bits per heavy atom. The molecule has 0 atom stereocenters. The van der Waals surface area contributed by atoms with Crippen LogP contribution in [0.25, 0.3) is 44.7 Å². The number of pyridine rings is 1. The summed E-state index contributed by atoms with van der Waals surface area (Å²) in [6.45, 7) is -0.175. The highest BCUT2D eigenvalue weighted by Crippen LogP contribution is 2.47. The second kappa shape index (κ2) is 15.5. The highest BCUT2D eigenvalue weighted by Gasteiger charge is 2.44. The van der Waals surface area contributed by atoms with E-state index < -0.39 is 0 Å². The second-order valence-corrected chi connectivity index (χ2v) is 15.0. The molecule has 0 N–H and O–H groups in total. The molecular formula is C54H38BN5O. The van der Waals surface area contributed by atoms with Crippen LogP contribution in [0.1, 0.15) is 0 Å². The van der Waals surface area contributed by atoms with Crippen LogP contribution in [0.3, 0.4) is 0 Å². The van der Waals surface area contributed by atoms with Crippen LogP contribution in [0, 0.1) is 6.33 Å². The van der Waals surface area contributed by atoms with E-state index in [-0.39, 0.29) is 6.98 Å². The Hall–Kier alpha value is -8.16. The van der Waals surface area contributed by atoms with E-state index in [2.05, 4.69) is 225 Å². The van der Waals surface area contributed by atoms with Gasteiger partial charge in [-0.1, -0.05) is 164 Å². The van der Waals surface area contributed by atoms with Crippen molar-refractivity contribution in [1.82, 2.24) is 9.55 Å². The van der Waals surface area contributed by atoms with E-state index in [4.69, 9.17) is 9.72 Å². The summed E-state index contributed by atoms with van der Waals surface area (Å²) in [5, 5.41) is 0. The van der Waals surface area contributed by atoms with Gasteiger partial charge in [-0.2, -0.15) is 0 Å². The Labute approximate surface area is 355 Å². The lowest BCUT2D eigenvalue weighted by Crippen LogP contribution is -2.53. The highest BCUT2D eigenvalue weighted by atomic mass is 16.5. The van der Waals surface area contributed by atoms with Gasteiger partial charge in [-0.3, -0.25) is 9.13 Å². The van der Waals surface area contributed by atoms with Gasteiger partial charge in [0.05, 0.1) is 33.8 Å². The molecule has 1 aliphatic heterocycles. The third-order valence-corrected chi connectivity index (χ3v) is 11.3. The Kier molecular flexibility index (Phi) is 9.17. The Bertz CT molecular complexity index is 3070. The zero-order valence-electron chi connectivity index (χ0n) is 33.2. The van der Waals surface area contributed by atoms with Crippen molar-refractivity contribution in [3.63, 3.8) is 0 Å². The fourth-order valence-electron chi connectivity index (χ4n) is 8.60. The molecule has 8 aromatic carbocycles. The van der Waals surface area contributed by atoms with E-state index in [1.807, 2.05) is 30.5 Å². The number of hydrogen-bond donors (Lipinski definition) is 0. The predicted molar refractivity (Wildman–Crippen MR) is 248 cm³/mol. The van der Waals surface area contributed by atoms with Crippen LogP contribution in [-0.4, -0.2) is 16.5 Å². The number of fused-ring (bicyclic) bond motifs is 2. The van der Waals surface area contributed by atoms with Crippen molar-refractivity contribution in [2.75, 3.05) is 9.62 Å². The summed E-state index contributed by atoms with van der Waals surface area (Å²) in [6, 6.07) is 78.0. The van der Waals surface area contributed by atoms with E-state index in [9.17, 15) is 0 Å². The number of rotatable bonds is 9. The first kappa shape index (κ1) is 36.0. The third-order valence-electron chi connectivity index (χ3n) is 11.3. The molecule has 0 amide bonds.